The summed E-state index contributed by atoms with van der Waals surface area (Å²) in [6, 6.07) is 91.3. The molecule has 5 atom stereocenters. The quantitative estimate of drug-likeness (QED) is 0.0360. The minimum Gasteiger partial charge on any atom is -0.508 e. The molecule has 11 aromatic carbocycles. The number of phenols is 6. The number of hydrogen-bond acceptors (Lipinski definition) is 24. The summed E-state index contributed by atoms with van der Waals surface area (Å²) < 4.78 is 12.7. The lowest BCUT2D eigenvalue weighted by Crippen LogP contribution is -2.39. The van der Waals surface area contributed by atoms with E-state index < -0.39 is 6.04 Å². The zero-order chi connectivity index (χ0) is 90.3. The molecule has 21 rings (SSSR count). The van der Waals surface area contributed by atoms with E-state index in [9.17, 15) is 30.6 Å². The second kappa shape index (κ2) is 41.2. The van der Waals surface area contributed by atoms with Crippen LogP contribution >= 0.6 is 61.8 Å². The molecule has 1 aliphatic heterocycles. The maximum atomic E-state index is 11.0. The molecule has 1 fully saturated rings. The summed E-state index contributed by atoms with van der Waals surface area (Å²) >= 11 is 19.2. The molecule has 10 N–H and O–H groups in total. The standard InChI is InChI=1S/C23H17N3OS.C22H19N3O2.C20H16BrN3O2.C20H18Cl2N2O2.C19H15N3OS/c27-22-17(13-12-16-9-6-14-24-21(16)22)20(15-7-2-1-3-8-15)26-23-25-18-10-4-5-11-19(18)28-23;1-14-10-12-23-19(13-14)25-21(16-6-2-3-7-18(16)26)17-9-8-15-5-4-11-24-20(15)22(17)27;1-12-10-17(24-26-12)23-18(14-4-2-6-15(21)11-14)16-8-7-13-5-3-9-22-19(13)20(16)25;21-14-5-3-13(4-6-14)19(24-8-10-26-11-9-24)16-12-17(22)15-2-1-7-23-18(15)20(16)25;23-18-15(9-8-14-7-4-10-20-17(14)18)16(13-5-2-1-3-6-13)22-19-21-11-12-24-19/h1-14,20,27H,(H,25,26);2-13,21,26-27H,1H3,(H,23,25);2-11,18,25H,1H3,(H,23,24);1-7,12,19,25H,8-11H2;1-12,16,23H,(H,21,22). The molecule has 652 valence electrons. The average Bonchev–Trinajstić information content (AvgIpc) is 0.872. The van der Waals surface area contributed by atoms with Crippen LogP contribution in [0.3, 0.4) is 0 Å². The summed E-state index contributed by atoms with van der Waals surface area (Å²) in [6.07, 6.45) is 11.9. The van der Waals surface area contributed by atoms with Gasteiger partial charge in [-0.1, -0.05) is 244 Å². The van der Waals surface area contributed by atoms with Gasteiger partial charge in [0.05, 0.1) is 58.7 Å². The number of para-hydroxylation sites is 2. The Hall–Kier alpha value is -14.7. The number of nitrogens with zero attached hydrogens (tertiary/aromatic N) is 10. The molecule has 0 spiro atoms. The van der Waals surface area contributed by atoms with Gasteiger partial charge in [0.1, 0.15) is 73.7 Å². The minimum absolute atomic E-state index is 0.0847. The number of nitrogens with one attached hydrogen (secondary N) is 4. The summed E-state index contributed by atoms with van der Waals surface area (Å²) in [4.78, 5) is 37.3. The van der Waals surface area contributed by atoms with Gasteiger partial charge in [-0.25, -0.2) is 15.0 Å². The number of phenolic OH excluding ortho intramolecular Hbond substituents is 6. The third-order valence-electron chi connectivity index (χ3n) is 22.2. The topological polar surface area (TPSA) is 311 Å². The van der Waals surface area contributed by atoms with Crippen LogP contribution in [-0.2, 0) is 4.74 Å². The maximum absolute atomic E-state index is 11.0. The predicted molar refractivity (Wildman–Crippen MR) is 527 cm³/mol. The van der Waals surface area contributed by atoms with Crippen LogP contribution in [0.1, 0.15) is 97.2 Å². The van der Waals surface area contributed by atoms with Gasteiger partial charge in [0, 0.05) is 138 Å². The van der Waals surface area contributed by atoms with Crippen LogP contribution in [0.25, 0.3) is 64.7 Å². The molecule has 27 heteroatoms. The van der Waals surface area contributed by atoms with E-state index in [1.54, 1.807) is 66.8 Å². The van der Waals surface area contributed by atoms with Crippen molar-refractivity contribution in [3.8, 4) is 34.5 Å². The molecule has 0 amide bonds. The second-order valence-corrected chi connectivity index (χ2v) is 34.4. The van der Waals surface area contributed by atoms with Gasteiger partial charge in [0.25, 0.3) is 0 Å². The molecule has 0 saturated carbocycles. The highest BCUT2D eigenvalue weighted by Gasteiger charge is 2.31. The summed E-state index contributed by atoms with van der Waals surface area (Å²) in [5, 5.41) is 91.7. The van der Waals surface area contributed by atoms with Gasteiger partial charge >= 0.3 is 0 Å². The number of benzene rings is 11. The fourth-order valence-electron chi connectivity index (χ4n) is 15.9. The van der Waals surface area contributed by atoms with Crippen molar-refractivity contribution in [2.24, 2.45) is 0 Å². The smallest absolute Gasteiger partial charge is 0.184 e. The van der Waals surface area contributed by atoms with Gasteiger partial charge in [-0.15, -0.1) is 11.3 Å². The normalized spacial score (nSPS) is 13.1. The van der Waals surface area contributed by atoms with Crippen LogP contribution in [0.15, 0.2) is 349 Å². The van der Waals surface area contributed by atoms with Gasteiger partial charge in [-0.3, -0.25) is 29.8 Å². The largest absolute Gasteiger partial charge is 0.508 e. The van der Waals surface area contributed by atoms with Crippen molar-refractivity contribution >= 4 is 148 Å². The lowest BCUT2D eigenvalue weighted by atomic mass is 9.94. The highest BCUT2D eigenvalue weighted by atomic mass is 79.9. The highest BCUT2D eigenvalue weighted by Crippen LogP contribution is 2.46. The number of ether oxygens (including phenoxy) is 1. The minimum atomic E-state index is -0.494. The number of pyridine rings is 6. The van der Waals surface area contributed by atoms with Gasteiger partial charge in [-0.2, -0.15) is 0 Å². The second-order valence-electron chi connectivity index (χ2n) is 30.7. The first-order valence-corrected chi connectivity index (χ1v) is 45.2. The number of anilines is 4. The molecule has 5 unspecified atom stereocenters. The molecular weight excluding hydrogens is 1790 g/mol. The van der Waals surface area contributed by atoms with Crippen LogP contribution in [0.5, 0.6) is 34.5 Å². The van der Waals surface area contributed by atoms with E-state index in [1.807, 2.05) is 292 Å². The summed E-state index contributed by atoms with van der Waals surface area (Å²) in [5.74, 6) is 2.91. The van der Waals surface area contributed by atoms with Crippen molar-refractivity contribution in [1.82, 2.24) is 49.9 Å². The van der Waals surface area contributed by atoms with Crippen molar-refractivity contribution in [3.05, 3.63) is 421 Å². The zero-order valence-corrected chi connectivity index (χ0v) is 75.2. The maximum Gasteiger partial charge on any atom is 0.184 e. The number of thiazole rings is 2. The average molecular weight is 1870 g/mol. The first-order valence-electron chi connectivity index (χ1n) is 41.9. The first-order chi connectivity index (χ1) is 64.0. The molecule has 0 bridgehead atoms. The van der Waals surface area contributed by atoms with Crippen LogP contribution in [-0.4, -0.2) is 107 Å². The van der Waals surface area contributed by atoms with Crippen molar-refractivity contribution in [3.63, 3.8) is 0 Å². The van der Waals surface area contributed by atoms with E-state index >= 15 is 0 Å². The van der Waals surface area contributed by atoms with E-state index in [-0.39, 0.29) is 58.7 Å². The molecule has 10 heterocycles. The summed E-state index contributed by atoms with van der Waals surface area (Å²) in [6.45, 7) is 6.67. The summed E-state index contributed by atoms with van der Waals surface area (Å²) in [5.41, 5.74) is 13.2. The van der Waals surface area contributed by atoms with E-state index in [0.717, 1.165) is 115 Å². The Morgan fingerprint density at radius 3 is 1.41 bits per heavy atom. The zero-order valence-electron chi connectivity index (χ0n) is 70.5. The van der Waals surface area contributed by atoms with E-state index in [1.165, 1.54) is 11.3 Å². The lowest BCUT2D eigenvalue weighted by Gasteiger charge is -2.35. The highest BCUT2D eigenvalue weighted by molar-refractivity contribution is 9.10. The third kappa shape index (κ3) is 20.6. The molecule has 1 aliphatic rings. The van der Waals surface area contributed by atoms with Crippen LogP contribution < -0.4 is 21.3 Å². The van der Waals surface area contributed by atoms with Crippen LogP contribution in [0.4, 0.5) is 21.9 Å². The molecule has 22 nitrogen and oxygen atoms in total. The fourth-order valence-corrected chi connectivity index (χ4v) is 18.1. The molecule has 0 radical (unpaired) electrons. The number of aromatic hydroxyl groups is 6. The van der Waals surface area contributed by atoms with Gasteiger partial charge < -0.3 is 61.2 Å². The van der Waals surface area contributed by atoms with E-state index in [2.05, 4.69) is 88.2 Å². The van der Waals surface area contributed by atoms with Crippen molar-refractivity contribution < 1.29 is 39.9 Å². The Morgan fingerprint density at radius 2 is 0.885 bits per heavy atom. The van der Waals surface area contributed by atoms with E-state index in [0.29, 0.717) is 79.4 Å². The first kappa shape index (κ1) is 88.4. The summed E-state index contributed by atoms with van der Waals surface area (Å²) in [7, 11) is 0. The van der Waals surface area contributed by atoms with Gasteiger partial charge in [0.2, 0.25) is 0 Å². The third-order valence-corrected chi connectivity index (χ3v) is 24.9. The molecule has 20 aromatic rings. The number of aryl methyl sites for hydroxylation is 2. The number of aromatic nitrogens is 9. The fraction of sp³-hybridized carbons (Fsp3) is 0.106. The Kier molecular flexibility index (Phi) is 27.8. The molecular formula is C104H85BrCl2N14O8S2. The van der Waals surface area contributed by atoms with Crippen LogP contribution in [0.2, 0.25) is 10.0 Å². The molecule has 131 heavy (non-hydrogen) atoms. The monoisotopic (exact) mass is 1870 g/mol. The van der Waals surface area contributed by atoms with E-state index in [4.69, 9.17) is 37.4 Å². The number of fused-ring (bicyclic) bond motifs is 6. The number of halogens is 3. The number of hydrogen-bond donors (Lipinski definition) is 10. The number of rotatable bonds is 19. The van der Waals surface area contributed by atoms with Gasteiger partial charge in [-0.05, 0) is 139 Å². The molecule has 9 aromatic heterocycles. The van der Waals surface area contributed by atoms with Crippen molar-refractivity contribution in [1.29, 1.82) is 0 Å². The van der Waals surface area contributed by atoms with Crippen LogP contribution in [0, 0.1) is 13.8 Å². The Balaban J connectivity index is 0.000000115. The molecule has 1 saturated heterocycles. The predicted octanol–water partition coefficient (Wildman–Crippen LogP) is 24.8. The van der Waals surface area contributed by atoms with Crippen molar-refractivity contribution in [2.45, 2.75) is 44.1 Å². The Labute approximate surface area is 780 Å². The lowest BCUT2D eigenvalue weighted by molar-refractivity contribution is 0.0236. The van der Waals surface area contributed by atoms with Gasteiger partial charge in [0.15, 0.2) is 16.1 Å². The number of morpholine rings is 1. The Bertz CT molecular complexity index is 7320. The molecule has 0 aliphatic carbocycles. The SMILES string of the molecule is Cc1cc(NC(c2cccc(Br)c2)c2ccc3cccnc3c2O)no1.Cc1ccnc(NC(c2ccccc2O)c2ccc3cccnc3c2O)c1.Oc1c(C(Nc2nc3ccccc3s2)c2ccccc2)ccc2cccnc12.Oc1c(C(Nc2nccs2)c2ccccc2)ccc2cccnc12.Oc1c(C(c2ccc(Cl)cc2)N2CCOCC2)cc(Cl)c2cccnc12. The van der Waals surface area contributed by atoms with Crippen molar-refractivity contribution in [2.75, 3.05) is 47.6 Å². The Morgan fingerprint density at radius 1 is 0.389 bits per heavy atom.